The van der Waals surface area contributed by atoms with Gasteiger partial charge in [0.2, 0.25) is 0 Å². The van der Waals surface area contributed by atoms with E-state index in [1.165, 1.54) is 0 Å². The van der Waals surface area contributed by atoms with Crippen LogP contribution in [0.3, 0.4) is 0 Å². The summed E-state index contributed by atoms with van der Waals surface area (Å²) in [5.41, 5.74) is 0. The maximum atomic E-state index is 12.1. The van der Waals surface area contributed by atoms with Gasteiger partial charge in [0.25, 0.3) is 0 Å². The fourth-order valence-electron chi connectivity index (χ4n) is 4.72. The average molecular weight is 619 g/mol. The Morgan fingerprint density at radius 2 is 0.804 bits per heavy atom. The summed E-state index contributed by atoms with van der Waals surface area (Å²) in [6.45, 7) is 7.03. The lowest BCUT2D eigenvalue weighted by molar-refractivity contribution is -0.147. The van der Waals surface area contributed by atoms with Gasteiger partial charge in [0, 0.05) is 22.9 Å². The fourth-order valence-corrected chi connectivity index (χ4v) is 4.72. The van der Waals surface area contributed by atoms with Crippen molar-refractivity contribution in [3.8, 4) is 23.0 Å². The third kappa shape index (κ3) is 8.45. The quantitative estimate of drug-likeness (QED) is 0.0855. The van der Waals surface area contributed by atoms with E-state index in [0.29, 0.717) is 23.0 Å². The first kappa shape index (κ1) is 31.7. The Labute approximate surface area is 267 Å². The molecule has 234 valence electrons. The molecule has 0 heterocycles. The number of hydrogen-bond acceptors (Lipinski definition) is 8. The van der Waals surface area contributed by atoms with Crippen molar-refractivity contribution >= 4 is 33.5 Å². The number of para-hydroxylation sites is 2. The summed E-state index contributed by atoms with van der Waals surface area (Å²) in [5.74, 6) is 0.919. The molecule has 0 aliphatic heterocycles. The van der Waals surface area contributed by atoms with Crippen molar-refractivity contribution in [3.05, 3.63) is 135 Å². The molecule has 0 N–H and O–H groups in total. The Bertz CT molecular complexity index is 1670. The molecule has 8 heteroatoms. The van der Waals surface area contributed by atoms with Crippen molar-refractivity contribution in [3.63, 3.8) is 0 Å². The summed E-state index contributed by atoms with van der Waals surface area (Å²) in [4.78, 5) is 24.2. The summed E-state index contributed by atoms with van der Waals surface area (Å²) in [6, 6.07) is 34.2. The average Bonchev–Trinajstić information content (AvgIpc) is 3.10. The number of benzene rings is 5. The van der Waals surface area contributed by atoms with Gasteiger partial charge in [-0.3, -0.25) is 0 Å². The SMILES string of the molecule is C=CC(=O)OC(COc1ccccc1OCC(COc1cccc2ccccc12)OC(=O)C=C)COc1cccc2ccccc12. The minimum absolute atomic E-state index is 0.0240. The molecule has 0 amide bonds. The highest BCUT2D eigenvalue weighted by atomic mass is 16.6. The van der Waals surface area contributed by atoms with Gasteiger partial charge < -0.3 is 28.4 Å². The van der Waals surface area contributed by atoms with Crippen LogP contribution in [-0.2, 0) is 19.1 Å². The Morgan fingerprint density at radius 1 is 0.478 bits per heavy atom. The summed E-state index contributed by atoms with van der Waals surface area (Å²) < 4.78 is 35.3. The van der Waals surface area contributed by atoms with Crippen molar-refractivity contribution in [2.75, 3.05) is 26.4 Å². The lowest BCUT2D eigenvalue weighted by Gasteiger charge is -2.21. The van der Waals surface area contributed by atoms with Gasteiger partial charge >= 0.3 is 11.9 Å². The molecule has 5 rings (SSSR count). The molecule has 2 unspecified atom stereocenters. The van der Waals surface area contributed by atoms with E-state index in [-0.39, 0.29) is 26.4 Å². The normalized spacial score (nSPS) is 12.0. The molecule has 0 aliphatic carbocycles. The second-order valence-electron chi connectivity index (χ2n) is 10.2. The van der Waals surface area contributed by atoms with Crippen molar-refractivity contribution in [2.45, 2.75) is 12.2 Å². The van der Waals surface area contributed by atoms with Crippen LogP contribution in [0.4, 0.5) is 0 Å². The lowest BCUT2D eigenvalue weighted by Crippen LogP contribution is -2.31. The van der Waals surface area contributed by atoms with Crippen LogP contribution in [-0.4, -0.2) is 50.6 Å². The van der Waals surface area contributed by atoms with Crippen LogP contribution in [0.25, 0.3) is 21.5 Å². The number of hydrogen-bond donors (Lipinski definition) is 0. The Kier molecular flexibility index (Phi) is 10.9. The highest BCUT2D eigenvalue weighted by Gasteiger charge is 2.20. The van der Waals surface area contributed by atoms with Crippen LogP contribution in [0.2, 0.25) is 0 Å². The van der Waals surface area contributed by atoms with Gasteiger partial charge in [-0.25, -0.2) is 9.59 Å². The zero-order valence-electron chi connectivity index (χ0n) is 25.2. The van der Waals surface area contributed by atoms with E-state index in [0.717, 1.165) is 33.7 Å². The summed E-state index contributed by atoms with van der Waals surface area (Å²) in [6.07, 6.45) is 0.667. The molecular formula is C38H34O8. The van der Waals surface area contributed by atoms with Crippen LogP contribution < -0.4 is 18.9 Å². The predicted molar refractivity (Wildman–Crippen MR) is 176 cm³/mol. The first-order valence-corrected chi connectivity index (χ1v) is 14.8. The number of rotatable bonds is 16. The second kappa shape index (κ2) is 15.8. The lowest BCUT2D eigenvalue weighted by atomic mass is 10.1. The van der Waals surface area contributed by atoms with Crippen LogP contribution in [0.1, 0.15) is 0 Å². The van der Waals surface area contributed by atoms with Gasteiger partial charge in [-0.05, 0) is 35.0 Å². The van der Waals surface area contributed by atoms with Crippen molar-refractivity contribution < 1.29 is 38.0 Å². The molecule has 0 bridgehead atoms. The molecule has 8 nitrogen and oxygen atoms in total. The number of fused-ring (bicyclic) bond motifs is 2. The molecule has 0 aromatic heterocycles. The van der Waals surface area contributed by atoms with Gasteiger partial charge in [-0.1, -0.05) is 98.1 Å². The van der Waals surface area contributed by atoms with Crippen LogP contribution >= 0.6 is 0 Å². The highest BCUT2D eigenvalue weighted by molar-refractivity contribution is 5.89. The summed E-state index contributed by atoms with van der Waals surface area (Å²) in [5, 5.41) is 3.94. The highest BCUT2D eigenvalue weighted by Crippen LogP contribution is 2.29. The van der Waals surface area contributed by atoms with E-state index in [2.05, 4.69) is 13.2 Å². The van der Waals surface area contributed by atoms with Crippen LogP contribution in [0.5, 0.6) is 23.0 Å². The first-order chi connectivity index (χ1) is 22.5. The fraction of sp³-hybridized carbons (Fsp3) is 0.158. The minimum Gasteiger partial charge on any atom is -0.489 e. The van der Waals surface area contributed by atoms with Gasteiger partial charge in [0.05, 0.1) is 0 Å². The van der Waals surface area contributed by atoms with Crippen molar-refractivity contribution in [1.29, 1.82) is 0 Å². The van der Waals surface area contributed by atoms with Crippen molar-refractivity contribution in [1.82, 2.24) is 0 Å². The topological polar surface area (TPSA) is 89.5 Å². The predicted octanol–water partition coefficient (Wildman–Crippen LogP) is 7.10. The Hall–Kier alpha value is -5.76. The summed E-state index contributed by atoms with van der Waals surface area (Å²) >= 11 is 0. The van der Waals surface area contributed by atoms with Gasteiger partial charge in [-0.2, -0.15) is 0 Å². The monoisotopic (exact) mass is 618 g/mol. The Morgan fingerprint density at radius 3 is 1.22 bits per heavy atom. The van der Waals surface area contributed by atoms with Gasteiger partial charge in [0.15, 0.2) is 23.7 Å². The van der Waals surface area contributed by atoms with E-state index < -0.39 is 24.1 Å². The summed E-state index contributed by atoms with van der Waals surface area (Å²) in [7, 11) is 0. The van der Waals surface area contributed by atoms with Gasteiger partial charge in [-0.15, -0.1) is 0 Å². The van der Waals surface area contributed by atoms with Crippen LogP contribution in [0.15, 0.2) is 135 Å². The zero-order valence-corrected chi connectivity index (χ0v) is 25.2. The maximum Gasteiger partial charge on any atom is 0.330 e. The molecule has 5 aromatic carbocycles. The van der Waals surface area contributed by atoms with E-state index in [1.807, 2.05) is 84.9 Å². The smallest absolute Gasteiger partial charge is 0.330 e. The standard InChI is InChI=1S/C38H34O8/c1-3-37(39)45-29(23-41-33-21-11-15-27-13-5-7-17-31(27)33)25-43-35-19-9-10-20-36(35)44-26-30(46-38(40)4-2)24-42-34-22-12-16-28-14-6-8-18-32(28)34/h3-22,29-30H,1-2,23-26H2. The molecule has 0 aliphatic rings. The number of esters is 2. The van der Waals surface area contributed by atoms with E-state index in [4.69, 9.17) is 28.4 Å². The largest absolute Gasteiger partial charge is 0.489 e. The molecule has 0 spiro atoms. The molecule has 0 fully saturated rings. The molecule has 2 atom stereocenters. The number of carbonyl (C=O) groups is 2. The third-order valence-electron chi connectivity index (χ3n) is 6.95. The van der Waals surface area contributed by atoms with Crippen LogP contribution in [0, 0.1) is 0 Å². The van der Waals surface area contributed by atoms with E-state index >= 15 is 0 Å². The number of carbonyl (C=O) groups excluding carboxylic acids is 2. The maximum absolute atomic E-state index is 12.1. The Balaban J connectivity index is 1.24. The molecule has 0 radical (unpaired) electrons. The van der Waals surface area contributed by atoms with E-state index in [1.54, 1.807) is 24.3 Å². The molecule has 46 heavy (non-hydrogen) atoms. The molecule has 0 saturated heterocycles. The van der Waals surface area contributed by atoms with E-state index in [9.17, 15) is 9.59 Å². The molecular weight excluding hydrogens is 584 g/mol. The zero-order chi connectivity index (χ0) is 32.1. The van der Waals surface area contributed by atoms with Crippen molar-refractivity contribution in [2.24, 2.45) is 0 Å². The number of ether oxygens (including phenoxy) is 6. The van der Waals surface area contributed by atoms with Gasteiger partial charge in [0.1, 0.15) is 37.9 Å². The second-order valence-corrected chi connectivity index (χ2v) is 10.2. The molecule has 5 aromatic rings. The third-order valence-corrected chi connectivity index (χ3v) is 6.95. The first-order valence-electron chi connectivity index (χ1n) is 14.8. The minimum atomic E-state index is -0.757. The molecule has 0 saturated carbocycles.